The predicted octanol–water partition coefficient (Wildman–Crippen LogP) is -15.7. The van der Waals surface area contributed by atoms with Gasteiger partial charge in [0, 0.05) is 17.2 Å². The summed E-state index contributed by atoms with van der Waals surface area (Å²) in [7, 11) is -18.3. The van der Waals surface area contributed by atoms with Crippen LogP contribution < -0.4 is 106 Å². The third kappa shape index (κ3) is 12.4. The molecule has 0 bridgehead atoms. The molecule has 6 atom stereocenters. The van der Waals surface area contributed by atoms with E-state index in [0.717, 1.165) is 12.3 Å². The third-order valence-electron chi connectivity index (χ3n) is 3.44. The number of hydrogen-bond donors (Lipinski definition) is 2. The van der Waals surface area contributed by atoms with Gasteiger partial charge in [-0.05, 0) is 5.53 Å². The normalized spacial score (nSPS) is 24.6. The van der Waals surface area contributed by atoms with Gasteiger partial charge in [0.2, 0.25) is 0 Å². The summed E-state index contributed by atoms with van der Waals surface area (Å²) in [6.45, 7) is -1.18. The number of aliphatic hydroxyl groups is 1. The van der Waals surface area contributed by atoms with E-state index in [-0.39, 0.29) is 75.4 Å². The Hall–Kier alpha value is 0.710. The number of nitrogens with zero attached hydrogens (tertiary/aromatic N) is 4. The minimum absolute atomic E-state index is 0. The molecule has 1 aromatic heterocycles. The van der Waals surface area contributed by atoms with Gasteiger partial charge < -0.3 is 38.5 Å². The van der Waals surface area contributed by atoms with E-state index >= 15 is 0 Å². The van der Waals surface area contributed by atoms with Gasteiger partial charge in [0.1, 0.15) is 18.4 Å². The summed E-state index contributed by atoms with van der Waals surface area (Å²) in [6.07, 6.45) is -4.09. The Balaban J connectivity index is -0.00000256. The molecule has 174 valence electrons. The van der Waals surface area contributed by atoms with Crippen LogP contribution >= 0.6 is 23.5 Å². The van der Waals surface area contributed by atoms with Crippen LogP contribution in [0.15, 0.2) is 27.0 Å². The number of nitrogens with one attached hydrogen (secondary N) is 1. The zero-order valence-electron chi connectivity index (χ0n) is 18.6. The molecular formula is C9H10Li4N5O14P3. The van der Waals surface area contributed by atoms with Crippen LogP contribution in [0, 0.1) is 0 Å². The van der Waals surface area contributed by atoms with E-state index in [1.165, 1.54) is 0 Å². The van der Waals surface area contributed by atoms with Crippen molar-refractivity contribution in [2.75, 3.05) is 6.61 Å². The van der Waals surface area contributed by atoms with Crippen LogP contribution in [0.2, 0.25) is 0 Å². The van der Waals surface area contributed by atoms with E-state index in [1.54, 1.807) is 0 Å². The van der Waals surface area contributed by atoms with Crippen molar-refractivity contribution in [1.82, 2.24) is 9.55 Å². The second kappa shape index (κ2) is 16.0. The van der Waals surface area contributed by atoms with Gasteiger partial charge in [-0.3, -0.25) is 27.8 Å². The molecule has 2 heterocycles. The first-order valence-corrected chi connectivity index (χ1v) is 11.9. The van der Waals surface area contributed by atoms with Gasteiger partial charge in [0.15, 0.2) is 0 Å². The fourth-order valence-electron chi connectivity index (χ4n) is 2.36. The van der Waals surface area contributed by atoms with Crippen molar-refractivity contribution in [3.05, 3.63) is 43.5 Å². The van der Waals surface area contributed by atoms with Crippen molar-refractivity contribution in [2.24, 2.45) is 5.11 Å². The molecule has 26 heteroatoms. The number of ether oxygens (including phenoxy) is 1. The Bertz CT molecular complexity index is 1140. The molecule has 0 saturated carbocycles. The fourth-order valence-corrected chi connectivity index (χ4v) is 5.22. The second-order valence-corrected chi connectivity index (χ2v) is 9.82. The van der Waals surface area contributed by atoms with Crippen molar-refractivity contribution in [2.45, 2.75) is 24.5 Å². The number of rotatable bonds is 9. The van der Waals surface area contributed by atoms with Crippen LogP contribution in [0.4, 0.5) is 0 Å². The minimum Gasteiger partial charge on any atom is -0.790 e. The summed E-state index contributed by atoms with van der Waals surface area (Å²) >= 11 is 0. The molecule has 0 spiro atoms. The van der Waals surface area contributed by atoms with Crippen LogP contribution in [-0.4, -0.2) is 39.5 Å². The number of H-pyrrole nitrogens is 1. The molecule has 1 aromatic rings. The third-order valence-corrected chi connectivity index (χ3v) is 7.11. The van der Waals surface area contributed by atoms with E-state index in [1.807, 2.05) is 4.98 Å². The standard InChI is InChI=1S/C9H14N5O14P3.4Li/c10-13-12-6-7(16)4(26-8(6)14-2-1-5(15)11-9(14)17)3-25-30(21,22)28-31(23,24)27-29(18,19)20;;;;/h1-2,4,6-8,16H,3H2,(H,21,22)(H,23,24)(H,11,15,17)(H2,18,19,20);;;;/q;4*+1/p-4. The van der Waals surface area contributed by atoms with Gasteiger partial charge in [0.25, 0.3) is 21.2 Å². The number of aromatic nitrogens is 2. The maximum absolute atomic E-state index is 11.9. The SMILES string of the molecule is [Li+].[Li+].[Li+].[Li+].[N-]=[N+]=NC1C(O)C(COP(=O)([O-])OP(=O)([O-])OP(=O)([O-])[O-])OC1n1ccc(=O)[nH]c1=O. The van der Waals surface area contributed by atoms with E-state index in [2.05, 4.69) is 23.2 Å². The molecule has 35 heavy (non-hydrogen) atoms. The average molecular weight is 533 g/mol. The van der Waals surface area contributed by atoms with Gasteiger partial charge in [-0.1, -0.05) is 5.11 Å². The molecule has 1 aliphatic heterocycles. The summed E-state index contributed by atoms with van der Waals surface area (Å²) in [5.41, 5.74) is 6.82. The van der Waals surface area contributed by atoms with Gasteiger partial charge in [-0.25, -0.2) is 9.11 Å². The van der Waals surface area contributed by atoms with Gasteiger partial charge in [-0.15, -0.1) is 0 Å². The van der Waals surface area contributed by atoms with Crippen LogP contribution in [0.25, 0.3) is 10.4 Å². The number of aliphatic hydroxyl groups excluding tert-OH is 1. The second-order valence-electron chi connectivity index (χ2n) is 5.57. The summed E-state index contributed by atoms with van der Waals surface area (Å²) in [4.78, 5) is 70.6. The van der Waals surface area contributed by atoms with Crippen molar-refractivity contribution < 1.29 is 132 Å². The number of aromatic amines is 1. The quantitative estimate of drug-likeness (QED) is 0.0980. The molecule has 2 N–H and O–H groups in total. The fraction of sp³-hybridized carbons (Fsp3) is 0.556. The van der Waals surface area contributed by atoms with E-state index < -0.39 is 65.8 Å². The maximum atomic E-state index is 11.9. The Kier molecular flexibility index (Phi) is 18.3. The first-order chi connectivity index (χ1) is 14.1. The predicted molar refractivity (Wildman–Crippen MR) is 85.1 cm³/mol. The zero-order chi connectivity index (χ0) is 23.6. The molecular weight excluding hydrogens is 523 g/mol. The summed E-state index contributed by atoms with van der Waals surface area (Å²) in [6, 6.07) is -0.639. The molecule has 0 aliphatic carbocycles. The van der Waals surface area contributed by atoms with E-state index in [0.29, 0.717) is 4.57 Å². The van der Waals surface area contributed by atoms with Gasteiger partial charge in [-0.2, -0.15) is 0 Å². The molecule has 1 saturated heterocycles. The summed E-state index contributed by atoms with van der Waals surface area (Å²) in [5.74, 6) is 0. The van der Waals surface area contributed by atoms with Crippen molar-refractivity contribution >= 4 is 23.5 Å². The Morgan fingerprint density at radius 2 is 1.69 bits per heavy atom. The molecule has 0 radical (unpaired) electrons. The molecule has 0 amide bonds. The molecule has 6 unspecified atom stereocenters. The Morgan fingerprint density at radius 3 is 2.17 bits per heavy atom. The van der Waals surface area contributed by atoms with E-state index in [4.69, 9.17) is 10.3 Å². The molecule has 2 rings (SSSR count). The molecule has 0 aromatic carbocycles. The first kappa shape index (κ1) is 40.2. The van der Waals surface area contributed by atoms with Gasteiger partial charge >= 0.3 is 81.1 Å². The van der Waals surface area contributed by atoms with Crippen molar-refractivity contribution in [3.8, 4) is 0 Å². The topological polar surface area (TPSA) is 304 Å². The zero-order valence-corrected chi connectivity index (χ0v) is 21.2. The largest absolute Gasteiger partial charge is 1.00 e. The average Bonchev–Trinajstić information content (AvgIpc) is 2.86. The van der Waals surface area contributed by atoms with Crippen LogP contribution in [0.3, 0.4) is 0 Å². The smallest absolute Gasteiger partial charge is 0.790 e. The number of hydrogen-bond acceptors (Lipinski definition) is 15. The van der Waals surface area contributed by atoms with Crippen LogP contribution in [0.5, 0.6) is 0 Å². The number of azide groups is 1. The van der Waals surface area contributed by atoms with Crippen LogP contribution in [-0.2, 0) is 31.6 Å². The van der Waals surface area contributed by atoms with Gasteiger partial charge in [0.05, 0.1) is 20.5 Å². The number of phosphoric ester groups is 1. The van der Waals surface area contributed by atoms with Crippen molar-refractivity contribution in [1.29, 1.82) is 0 Å². The first-order valence-electron chi connectivity index (χ1n) is 7.55. The summed E-state index contributed by atoms with van der Waals surface area (Å²) in [5, 5.41) is 13.4. The minimum atomic E-state index is -6.19. The molecule has 19 nitrogen and oxygen atoms in total. The molecule has 1 fully saturated rings. The Labute approximate surface area is 243 Å². The number of phosphoric acid groups is 3. The molecule has 1 aliphatic rings. The van der Waals surface area contributed by atoms with Crippen LogP contribution in [0.1, 0.15) is 6.23 Å². The summed E-state index contributed by atoms with van der Waals surface area (Å²) < 4.78 is 49.4. The monoisotopic (exact) mass is 533 g/mol. The maximum Gasteiger partial charge on any atom is 1.00 e. The van der Waals surface area contributed by atoms with E-state index in [9.17, 15) is 48.0 Å². The Morgan fingerprint density at radius 1 is 1.11 bits per heavy atom. The van der Waals surface area contributed by atoms with Crippen molar-refractivity contribution in [3.63, 3.8) is 0 Å².